The zero-order valence-electron chi connectivity index (χ0n) is 11.4. The van der Waals surface area contributed by atoms with E-state index in [0.717, 1.165) is 47.0 Å². The van der Waals surface area contributed by atoms with E-state index in [4.69, 9.17) is 20.8 Å². The van der Waals surface area contributed by atoms with Crippen LogP contribution in [0.4, 0.5) is 0 Å². The highest BCUT2D eigenvalue weighted by Crippen LogP contribution is 2.38. The molecule has 1 aliphatic rings. The van der Waals surface area contributed by atoms with Crippen LogP contribution in [0.5, 0.6) is 5.75 Å². The molecule has 1 unspecified atom stereocenters. The normalized spacial score (nSPS) is 15.2. The lowest BCUT2D eigenvalue weighted by molar-refractivity contribution is 0.357. The molecule has 0 spiro atoms. The average Bonchev–Trinajstić information content (AvgIpc) is 2.94. The predicted octanol–water partition coefficient (Wildman–Crippen LogP) is 4.47. The van der Waals surface area contributed by atoms with Crippen molar-refractivity contribution >= 4 is 11.6 Å². The molecule has 2 aromatic rings. The molecule has 100 valence electrons. The summed E-state index contributed by atoms with van der Waals surface area (Å²) >= 11 is 6.66. The van der Waals surface area contributed by atoms with Crippen molar-refractivity contribution < 1.29 is 9.15 Å². The van der Waals surface area contributed by atoms with Crippen molar-refractivity contribution in [2.75, 3.05) is 6.61 Å². The van der Waals surface area contributed by atoms with E-state index in [1.54, 1.807) is 0 Å². The quantitative estimate of drug-likeness (QED) is 0.755. The molecule has 0 radical (unpaired) electrons. The van der Waals surface area contributed by atoms with Crippen LogP contribution in [-0.4, -0.2) is 6.61 Å². The van der Waals surface area contributed by atoms with Gasteiger partial charge in [0.1, 0.15) is 17.3 Å². The molecule has 0 fully saturated rings. The van der Waals surface area contributed by atoms with Gasteiger partial charge in [-0.15, -0.1) is 11.6 Å². The van der Waals surface area contributed by atoms with Gasteiger partial charge in [0.05, 0.1) is 12.0 Å². The minimum absolute atomic E-state index is 0.164. The SMILES string of the molecule is Cc1oc(C)c(C(Cl)c2ccc3c(c2)CCO3)c1C. The van der Waals surface area contributed by atoms with Crippen LogP contribution < -0.4 is 4.74 Å². The number of fused-ring (bicyclic) bond motifs is 1. The van der Waals surface area contributed by atoms with Crippen LogP contribution in [0.3, 0.4) is 0 Å². The maximum absolute atomic E-state index is 6.66. The van der Waals surface area contributed by atoms with E-state index in [0.29, 0.717) is 0 Å². The number of benzene rings is 1. The number of rotatable bonds is 2. The first-order valence-electron chi connectivity index (χ1n) is 6.54. The second-order valence-electron chi connectivity index (χ2n) is 5.08. The van der Waals surface area contributed by atoms with E-state index in [2.05, 4.69) is 13.0 Å². The molecular weight excluding hydrogens is 260 g/mol. The summed E-state index contributed by atoms with van der Waals surface area (Å²) in [6, 6.07) is 6.22. The van der Waals surface area contributed by atoms with Crippen molar-refractivity contribution in [2.24, 2.45) is 0 Å². The first kappa shape index (κ1) is 12.6. The summed E-state index contributed by atoms with van der Waals surface area (Å²) in [5.41, 5.74) is 4.60. The standard InChI is InChI=1S/C16H17ClO2/c1-9-10(2)19-11(3)15(9)16(17)13-4-5-14-12(8-13)6-7-18-14/h4-5,8,16H,6-7H2,1-3H3. The molecule has 0 N–H and O–H groups in total. The molecule has 0 saturated heterocycles. The van der Waals surface area contributed by atoms with Crippen LogP contribution >= 0.6 is 11.6 Å². The minimum atomic E-state index is -0.164. The Morgan fingerprint density at radius 1 is 1.16 bits per heavy atom. The Morgan fingerprint density at radius 2 is 1.95 bits per heavy atom. The number of hydrogen-bond acceptors (Lipinski definition) is 2. The third-order valence-corrected chi connectivity index (χ3v) is 4.35. The maximum Gasteiger partial charge on any atom is 0.122 e. The van der Waals surface area contributed by atoms with Gasteiger partial charge in [-0.05, 0) is 43.5 Å². The largest absolute Gasteiger partial charge is 0.493 e. The monoisotopic (exact) mass is 276 g/mol. The van der Waals surface area contributed by atoms with Crippen molar-refractivity contribution in [1.29, 1.82) is 0 Å². The third kappa shape index (κ3) is 2.04. The predicted molar refractivity (Wildman–Crippen MR) is 76.3 cm³/mol. The van der Waals surface area contributed by atoms with Crippen molar-refractivity contribution in [2.45, 2.75) is 32.6 Å². The number of ether oxygens (including phenoxy) is 1. The molecule has 3 heteroatoms. The van der Waals surface area contributed by atoms with E-state index >= 15 is 0 Å². The summed E-state index contributed by atoms with van der Waals surface area (Å²) < 4.78 is 11.2. The Balaban J connectivity index is 2.02. The number of hydrogen-bond donors (Lipinski definition) is 0. The molecule has 19 heavy (non-hydrogen) atoms. The van der Waals surface area contributed by atoms with E-state index in [1.807, 2.05) is 26.0 Å². The second kappa shape index (κ2) is 4.61. The van der Waals surface area contributed by atoms with Gasteiger partial charge in [0.15, 0.2) is 0 Å². The summed E-state index contributed by atoms with van der Waals surface area (Å²) in [7, 11) is 0. The number of alkyl halides is 1. The van der Waals surface area contributed by atoms with Crippen LogP contribution in [0, 0.1) is 20.8 Å². The zero-order valence-corrected chi connectivity index (χ0v) is 12.2. The van der Waals surface area contributed by atoms with Gasteiger partial charge in [-0.3, -0.25) is 0 Å². The first-order valence-corrected chi connectivity index (χ1v) is 6.97. The van der Waals surface area contributed by atoms with Crippen LogP contribution in [0.25, 0.3) is 0 Å². The lowest BCUT2D eigenvalue weighted by Gasteiger charge is -2.12. The van der Waals surface area contributed by atoms with Gasteiger partial charge in [0, 0.05) is 12.0 Å². The first-order chi connectivity index (χ1) is 9.08. The van der Waals surface area contributed by atoms with Crippen LogP contribution in [-0.2, 0) is 6.42 Å². The Bertz CT molecular complexity index is 628. The van der Waals surface area contributed by atoms with E-state index < -0.39 is 0 Å². The summed E-state index contributed by atoms with van der Waals surface area (Å²) in [6.45, 7) is 6.79. The minimum Gasteiger partial charge on any atom is -0.493 e. The van der Waals surface area contributed by atoms with Crippen LogP contribution in [0.2, 0.25) is 0 Å². The topological polar surface area (TPSA) is 22.4 Å². The van der Waals surface area contributed by atoms with Crippen molar-refractivity contribution in [1.82, 2.24) is 0 Å². The smallest absolute Gasteiger partial charge is 0.122 e. The Kier molecular flexibility index (Phi) is 3.06. The van der Waals surface area contributed by atoms with E-state index in [1.165, 1.54) is 5.56 Å². The molecule has 1 atom stereocenters. The molecule has 1 aromatic heterocycles. The highest BCUT2D eigenvalue weighted by atomic mass is 35.5. The molecule has 0 saturated carbocycles. The summed E-state index contributed by atoms with van der Waals surface area (Å²) in [6.07, 6.45) is 0.967. The molecule has 2 nitrogen and oxygen atoms in total. The van der Waals surface area contributed by atoms with E-state index in [-0.39, 0.29) is 5.38 Å². The maximum atomic E-state index is 6.66. The van der Waals surface area contributed by atoms with Gasteiger partial charge in [0.25, 0.3) is 0 Å². The molecule has 0 amide bonds. The van der Waals surface area contributed by atoms with Crippen LogP contribution in [0.15, 0.2) is 22.6 Å². The van der Waals surface area contributed by atoms with Crippen molar-refractivity contribution in [3.05, 3.63) is 52.0 Å². The Hall–Kier alpha value is -1.41. The van der Waals surface area contributed by atoms with Crippen molar-refractivity contribution in [3.63, 3.8) is 0 Å². The fraction of sp³-hybridized carbons (Fsp3) is 0.375. The number of aryl methyl sites for hydroxylation is 2. The highest BCUT2D eigenvalue weighted by Gasteiger charge is 2.22. The Morgan fingerprint density at radius 3 is 2.63 bits per heavy atom. The van der Waals surface area contributed by atoms with Gasteiger partial charge in [0.2, 0.25) is 0 Å². The van der Waals surface area contributed by atoms with Gasteiger partial charge in [-0.1, -0.05) is 12.1 Å². The van der Waals surface area contributed by atoms with Gasteiger partial charge >= 0.3 is 0 Å². The lowest BCUT2D eigenvalue weighted by atomic mass is 9.98. The zero-order chi connectivity index (χ0) is 13.6. The highest BCUT2D eigenvalue weighted by molar-refractivity contribution is 6.22. The summed E-state index contributed by atoms with van der Waals surface area (Å²) in [5.74, 6) is 2.85. The molecule has 1 aromatic carbocycles. The van der Waals surface area contributed by atoms with Gasteiger partial charge in [-0.25, -0.2) is 0 Å². The number of furan rings is 1. The molecular formula is C16H17ClO2. The van der Waals surface area contributed by atoms with Crippen molar-refractivity contribution in [3.8, 4) is 5.75 Å². The average molecular weight is 277 g/mol. The number of halogens is 1. The summed E-state index contributed by atoms with van der Waals surface area (Å²) in [4.78, 5) is 0. The molecule has 2 heterocycles. The van der Waals surface area contributed by atoms with Gasteiger partial charge < -0.3 is 9.15 Å². The molecule has 0 aliphatic carbocycles. The lowest BCUT2D eigenvalue weighted by Crippen LogP contribution is -1.97. The third-order valence-electron chi connectivity index (χ3n) is 3.88. The second-order valence-corrected chi connectivity index (χ2v) is 5.52. The fourth-order valence-corrected chi connectivity index (χ4v) is 3.17. The molecule has 0 bridgehead atoms. The van der Waals surface area contributed by atoms with Gasteiger partial charge in [-0.2, -0.15) is 0 Å². The molecule has 3 rings (SSSR count). The fourth-order valence-electron chi connectivity index (χ4n) is 2.71. The van der Waals surface area contributed by atoms with E-state index in [9.17, 15) is 0 Å². The molecule has 1 aliphatic heterocycles. The van der Waals surface area contributed by atoms with Crippen LogP contribution in [0.1, 0.15) is 39.2 Å². The summed E-state index contributed by atoms with van der Waals surface area (Å²) in [5, 5.41) is -0.164. The Labute approximate surface area is 118 Å².